The van der Waals surface area contributed by atoms with Crippen molar-refractivity contribution in [3.8, 4) is 0 Å². The number of anilines is 1. The Morgan fingerprint density at radius 1 is 1.10 bits per heavy atom. The van der Waals surface area contributed by atoms with Crippen molar-refractivity contribution < 1.29 is 24.2 Å². The number of ether oxygens (including phenoxy) is 1. The van der Waals surface area contributed by atoms with Crippen LogP contribution in [0.1, 0.15) is 69.6 Å². The number of carbonyl (C=O) groups excluding carboxylic acids is 2. The molecule has 220 valence electrons. The molecular formula is C33H43N3O5. The van der Waals surface area contributed by atoms with Crippen molar-refractivity contribution in [2.45, 2.75) is 77.5 Å². The molecule has 2 N–H and O–H groups in total. The van der Waals surface area contributed by atoms with Crippen molar-refractivity contribution in [3.05, 3.63) is 71.3 Å². The van der Waals surface area contributed by atoms with Crippen LogP contribution in [0.25, 0.3) is 6.08 Å². The molecule has 41 heavy (non-hydrogen) atoms. The number of benzene rings is 2. The molecule has 0 aliphatic carbocycles. The van der Waals surface area contributed by atoms with E-state index in [2.05, 4.69) is 17.5 Å². The lowest BCUT2D eigenvalue weighted by molar-refractivity contribution is -0.141. The minimum absolute atomic E-state index is 0.186. The first-order valence-electron chi connectivity index (χ1n) is 14.7. The molecule has 8 nitrogen and oxygen atoms in total. The molecule has 0 spiro atoms. The number of hydrogen-bond donors (Lipinski definition) is 2. The normalized spacial score (nSPS) is 18.1. The summed E-state index contributed by atoms with van der Waals surface area (Å²) < 4.78 is 5.50. The van der Waals surface area contributed by atoms with E-state index in [0.717, 1.165) is 61.2 Å². The van der Waals surface area contributed by atoms with E-state index in [1.807, 2.05) is 74.2 Å². The van der Waals surface area contributed by atoms with Crippen LogP contribution < -0.4 is 5.32 Å². The smallest absolute Gasteiger partial charge is 0.410 e. The van der Waals surface area contributed by atoms with Gasteiger partial charge in [0, 0.05) is 31.9 Å². The second-order valence-corrected chi connectivity index (χ2v) is 12.1. The first-order chi connectivity index (χ1) is 19.6. The third-order valence-corrected chi connectivity index (χ3v) is 7.64. The Kier molecular flexibility index (Phi) is 10.1. The zero-order valence-electron chi connectivity index (χ0n) is 24.5. The lowest BCUT2D eigenvalue weighted by Crippen LogP contribution is -2.42. The van der Waals surface area contributed by atoms with E-state index >= 15 is 0 Å². The Morgan fingerprint density at radius 2 is 1.83 bits per heavy atom. The number of nitrogens with zero attached hydrogens (tertiary/aromatic N) is 2. The number of amides is 2. The van der Waals surface area contributed by atoms with Crippen LogP contribution >= 0.6 is 0 Å². The van der Waals surface area contributed by atoms with Gasteiger partial charge in [-0.15, -0.1) is 0 Å². The number of carboxylic acids is 1. The quantitative estimate of drug-likeness (QED) is 0.392. The summed E-state index contributed by atoms with van der Waals surface area (Å²) in [6.07, 6.45) is 8.44. The first kappa shape index (κ1) is 30.2. The second kappa shape index (κ2) is 13.7. The van der Waals surface area contributed by atoms with E-state index in [4.69, 9.17) is 4.74 Å². The number of likely N-dealkylation sites (tertiary alicyclic amines) is 1. The predicted molar refractivity (Wildman–Crippen MR) is 160 cm³/mol. The van der Waals surface area contributed by atoms with Gasteiger partial charge in [0.1, 0.15) is 11.6 Å². The van der Waals surface area contributed by atoms with Gasteiger partial charge in [-0.25, -0.2) is 4.79 Å². The molecular weight excluding hydrogens is 518 g/mol. The molecule has 8 heteroatoms. The maximum absolute atomic E-state index is 13.3. The van der Waals surface area contributed by atoms with E-state index in [9.17, 15) is 19.5 Å². The molecule has 1 fully saturated rings. The van der Waals surface area contributed by atoms with Crippen LogP contribution in [0.3, 0.4) is 0 Å². The van der Waals surface area contributed by atoms with Gasteiger partial charge in [-0.1, -0.05) is 54.6 Å². The minimum Gasteiger partial charge on any atom is -0.481 e. The minimum atomic E-state index is -1.00. The van der Waals surface area contributed by atoms with Crippen molar-refractivity contribution >= 4 is 29.7 Å². The summed E-state index contributed by atoms with van der Waals surface area (Å²) in [7, 11) is 0. The SMILES string of the molecule is CC(C)(C)OC(=O)N1CCC(CC/C=C\c2ccc3c(c2)NC(CC(=O)O)C(=O)N(CCc2ccccc2)C3)CC1. The molecule has 2 amide bonds. The monoisotopic (exact) mass is 561 g/mol. The molecule has 0 bridgehead atoms. The zero-order chi connectivity index (χ0) is 29.4. The highest BCUT2D eigenvalue weighted by Gasteiger charge is 2.31. The summed E-state index contributed by atoms with van der Waals surface area (Å²) in [5.41, 5.74) is 3.46. The number of carboxylic acid groups (broad SMARTS) is 1. The molecule has 1 atom stereocenters. The van der Waals surface area contributed by atoms with Gasteiger partial charge < -0.3 is 25.0 Å². The van der Waals surface area contributed by atoms with Crippen LogP contribution in [0.4, 0.5) is 10.5 Å². The highest BCUT2D eigenvalue weighted by molar-refractivity contribution is 5.90. The molecule has 0 aromatic heterocycles. The summed E-state index contributed by atoms with van der Waals surface area (Å²) >= 11 is 0. The van der Waals surface area contributed by atoms with Crippen molar-refractivity contribution in [2.75, 3.05) is 25.0 Å². The summed E-state index contributed by atoms with van der Waals surface area (Å²) in [4.78, 5) is 40.7. The van der Waals surface area contributed by atoms with E-state index in [0.29, 0.717) is 25.4 Å². The van der Waals surface area contributed by atoms with Gasteiger partial charge in [-0.2, -0.15) is 0 Å². The van der Waals surface area contributed by atoms with E-state index in [1.165, 1.54) is 0 Å². The van der Waals surface area contributed by atoms with E-state index < -0.39 is 17.6 Å². The number of nitrogens with one attached hydrogen (secondary N) is 1. The molecule has 2 aliphatic heterocycles. The van der Waals surface area contributed by atoms with E-state index in [1.54, 1.807) is 4.90 Å². The lowest BCUT2D eigenvalue weighted by Gasteiger charge is -2.33. The molecule has 2 aromatic rings. The van der Waals surface area contributed by atoms with E-state index in [-0.39, 0.29) is 18.4 Å². The fraction of sp³-hybridized carbons (Fsp3) is 0.485. The standard InChI is InChI=1S/C33H43N3O5/c1-33(2,3)41-32(40)35-18-15-25(16-19-35)11-7-8-12-26-13-14-27-23-36(20-17-24-9-5-4-6-10-24)31(39)29(22-30(37)38)34-28(27)21-26/h4-6,8-10,12-14,21,25,29,34H,7,11,15-20,22-23H2,1-3H3,(H,37,38)/b12-8-. The highest BCUT2D eigenvalue weighted by atomic mass is 16.6. The number of carbonyl (C=O) groups is 3. The summed E-state index contributed by atoms with van der Waals surface area (Å²) in [5.74, 6) is -0.610. The number of aliphatic carboxylic acids is 1. The Bertz CT molecular complexity index is 1230. The molecule has 2 heterocycles. The molecule has 2 aromatic carbocycles. The largest absolute Gasteiger partial charge is 0.481 e. The maximum Gasteiger partial charge on any atom is 0.410 e. The van der Waals surface area contributed by atoms with Gasteiger partial charge in [0.05, 0.1) is 6.42 Å². The molecule has 4 rings (SSSR count). The zero-order valence-corrected chi connectivity index (χ0v) is 24.5. The topological polar surface area (TPSA) is 99.2 Å². The second-order valence-electron chi connectivity index (χ2n) is 12.1. The number of allylic oxidation sites excluding steroid dienone is 1. The lowest BCUT2D eigenvalue weighted by atomic mass is 9.92. The molecule has 0 saturated carbocycles. The van der Waals surface area contributed by atoms with Crippen LogP contribution in [0.15, 0.2) is 54.6 Å². The third-order valence-electron chi connectivity index (χ3n) is 7.64. The fourth-order valence-electron chi connectivity index (χ4n) is 5.42. The van der Waals surface area contributed by atoms with Crippen LogP contribution in [0.5, 0.6) is 0 Å². The van der Waals surface area contributed by atoms with Gasteiger partial charge in [-0.3, -0.25) is 9.59 Å². The summed E-state index contributed by atoms with van der Waals surface area (Å²) in [5, 5.41) is 12.7. The third kappa shape index (κ3) is 9.10. The molecule has 0 radical (unpaired) electrons. The Balaban J connectivity index is 1.33. The number of hydrogen-bond acceptors (Lipinski definition) is 5. The summed E-state index contributed by atoms with van der Waals surface area (Å²) in [6.45, 7) is 8.10. The van der Waals surface area contributed by atoms with Crippen LogP contribution in [-0.2, 0) is 27.3 Å². The first-order valence-corrected chi connectivity index (χ1v) is 14.7. The van der Waals surface area contributed by atoms with Crippen molar-refractivity contribution in [3.63, 3.8) is 0 Å². The van der Waals surface area contributed by atoms with Gasteiger partial charge >= 0.3 is 12.1 Å². The molecule has 1 unspecified atom stereocenters. The van der Waals surface area contributed by atoms with Crippen molar-refractivity contribution in [1.82, 2.24) is 9.80 Å². The Morgan fingerprint density at radius 3 is 2.51 bits per heavy atom. The van der Waals surface area contributed by atoms with Gasteiger partial charge in [-0.05, 0) is 81.5 Å². The fourth-order valence-corrected chi connectivity index (χ4v) is 5.42. The maximum atomic E-state index is 13.3. The Hall–Kier alpha value is -3.81. The average molecular weight is 562 g/mol. The van der Waals surface area contributed by atoms with Crippen LogP contribution in [0.2, 0.25) is 0 Å². The van der Waals surface area contributed by atoms with Gasteiger partial charge in [0.15, 0.2) is 0 Å². The van der Waals surface area contributed by atoms with Gasteiger partial charge in [0.25, 0.3) is 0 Å². The number of piperidine rings is 1. The van der Waals surface area contributed by atoms with Crippen LogP contribution in [-0.4, -0.2) is 64.2 Å². The van der Waals surface area contributed by atoms with Crippen molar-refractivity contribution in [2.24, 2.45) is 5.92 Å². The summed E-state index contributed by atoms with van der Waals surface area (Å²) in [6, 6.07) is 15.3. The number of rotatable bonds is 9. The average Bonchev–Trinajstić information content (AvgIpc) is 3.05. The van der Waals surface area contributed by atoms with Crippen molar-refractivity contribution in [1.29, 1.82) is 0 Å². The Labute approximate surface area is 243 Å². The number of fused-ring (bicyclic) bond motifs is 1. The molecule has 2 aliphatic rings. The predicted octanol–water partition coefficient (Wildman–Crippen LogP) is 5.97. The van der Waals surface area contributed by atoms with Crippen LogP contribution in [0, 0.1) is 5.92 Å². The molecule has 1 saturated heterocycles. The van der Waals surface area contributed by atoms with Gasteiger partial charge in [0.2, 0.25) is 5.91 Å². The highest BCUT2D eigenvalue weighted by Crippen LogP contribution is 2.27.